The van der Waals surface area contributed by atoms with Gasteiger partial charge in [0.1, 0.15) is 5.56 Å². The number of carbonyl (C=O) groups is 3. The van der Waals surface area contributed by atoms with Gasteiger partial charge in [0, 0.05) is 17.7 Å². The highest BCUT2D eigenvalue weighted by atomic mass is 16.4. The summed E-state index contributed by atoms with van der Waals surface area (Å²) in [6.45, 7) is 3.87. The van der Waals surface area contributed by atoms with E-state index in [1.807, 2.05) is 13.8 Å². The monoisotopic (exact) mass is 368 g/mol. The van der Waals surface area contributed by atoms with Crippen LogP contribution in [-0.4, -0.2) is 27.8 Å². The molecule has 3 N–H and O–H groups in total. The number of pyridine rings is 1. The second-order valence-electron chi connectivity index (χ2n) is 7.50. The predicted molar refractivity (Wildman–Crippen MR) is 97.8 cm³/mol. The van der Waals surface area contributed by atoms with Crippen molar-refractivity contribution < 1.29 is 19.5 Å². The topological polar surface area (TPSA) is 116 Å². The van der Waals surface area contributed by atoms with Gasteiger partial charge >= 0.3 is 5.97 Å². The second kappa shape index (κ2) is 6.83. The number of amides is 1. The number of Topliss-reactive ketones (excluding diaryl/α,β-unsaturated/α-hetero) is 1. The predicted octanol–water partition coefficient (Wildman–Crippen LogP) is 2.09. The highest BCUT2D eigenvalue weighted by Crippen LogP contribution is 2.33. The highest BCUT2D eigenvalue weighted by Gasteiger charge is 2.33. The van der Waals surface area contributed by atoms with E-state index in [1.165, 1.54) is 6.07 Å². The number of aromatic amines is 1. The Morgan fingerprint density at radius 1 is 1.15 bits per heavy atom. The summed E-state index contributed by atoms with van der Waals surface area (Å²) in [6.07, 6.45) is 0.835. The van der Waals surface area contributed by atoms with Gasteiger partial charge in [-0.15, -0.1) is 0 Å². The SMILES string of the molecule is CC1(C)CC(=O)c2cc(C(=O)N[C@H](C(=O)O)c3ccccc3)c(=O)[nH]c2C1. The van der Waals surface area contributed by atoms with Crippen LogP contribution in [-0.2, 0) is 11.2 Å². The number of rotatable bonds is 4. The number of H-pyrrole nitrogens is 1. The van der Waals surface area contributed by atoms with Gasteiger partial charge in [-0.3, -0.25) is 14.4 Å². The third kappa shape index (κ3) is 3.81. The second-order valence-corrected chi connectivity index (χ2v) is 7.50. The first-order valence-corrected chi connectivity index (χ1v) is 8.56. The zero-order valence-corrected chi connectivity index (χ0v) is 15.0. The van der Waals surface area contributed by atoms with Gasteiger partial charge in [0.05, 0.1) is 0 Å². The van der Waals surface area contributed by atoms with Crippen LogP contribution in [0, 0.1) is 5.41 Å². The number of aromatic nitrogens is 1. The van der Waals surface area contributed by atoms with Crippen LogP contribution in [0.5, 0.6) is 0 Å². The molecule has 0 fully saturated rings. The Morgan fingerprint density at radius 2 is 1.81 bits per heavy atom. The molecule has 0 unspecified atom stereocenters. The Hall–Kier alpha value is -3.22. The van der Waals surface area contributed by atoms with Crippen LogP contribution in [0.25, 0.3) is 0 Å². The van der Waals surface area contributed by atoms with Crippen LogP contribution in [0.1, 0.15) is 58.3 Å². The maximum atomic E-state index is 12.6. The maximum absolute atomic E-state index is 12.6. The lowest BCUT2D eigenvalue weighted by atomic mass is 9.75. The van der Waals surface area contributed by atoms with Crippen molar-refractivity contribution in [3.05, 3.63) is 69.1 Å². The molecular weight excluding hydrogens is 348 g/mol. The molecule has 1 aliphatic carbocycles. The lowest BCUT2D eigenvalue weighted by Gasteiger charge is -2.29. The number of carbonyl (C=O) groups excluding carboxylic acids is 2. The van der Waals surface area contributed by atoms with Crippen molar-refractivity contribution in [2.75, 3.05) is 0 Å². The molecule has 0 saturated heterocycles. The normalized spacial score (nSPS) is 16.3. The van der Waals surface area contributed by atoms with Crippen LogP contribution in [0.15, 0.2) is 41.2 Å². The number of hydrogen-bond acceptors (Lipinski definition) is 4. The number of hydrogen-bond donors (Lipinski definition) is 3. The fourth-order valence-corrected chi connectivity index (χ4v) is 3.34. The van der Waals surface area contributed by atoms with Crippen molar-refractivity contribution in [1.29, 1.82) is 0 Å². The fourth-order valence-electron chi connectivity index (χ4n) is 3.34. The number of aliphatic carboxylic acids is 1. The molecule has 3 rings (SSSR count). The third-order valence-corrected chi connectivity index (χ3v) is 4.62. The number of fused-ring (bicyclic) bond motifs is 1. The van der Waals surface area contributed by atoms with Crippen LogP contribution in [0.4, 0.5) is 0 Å². The molecule has 1 aromatic heterocycles. The highest BCUT2D eigenvalue weighted by molar-refractivity contribution is 6.02. The van der Waals surface area contributed by atoms with E-state index in [4.69, 9.17) is 0 Å². The third-order valence-electron chi connectivity index (χ3n) is 4.62. The van der Waals surface area contributed by atoms with E-state index in [0.29, 0.717) is 29.7 Å². The minimum Gasteiger partial charge on any atom is -0.479 e. The summed E-state index contributed by atoms with van der Waals surface area (Å²) in [5, 5.41) is 11.8. The van der Waals surface area contributed by atoms with E-state index >= 15 is 0 Å². The molecule has 0 saturated carbocycles. The largest absolute Gasteiger partial charge is 0.479 e. The first kappa shape index (κ1) is 18.6. The Bertz CT molecular complexity index is 976. The molecule has 1 heterocycles. The Morgan fingerprint density at radius 3 is 2.44 bits per heavy atom. The van der Waals surface area contributed by atoms with Crippen molar-refractivity contribution in [1.82, 2.24) is 10.3 Å². The summed E-state index contributed by atoms with van der Waals surface area (Å²) in [7, 11) is 0. The zero-order valence-electron chi connectivity index (χ0n) is 15.0. The average molecular weight is 368 g/mol. The molecule has 7 nitrogen and oxygen atoms in total. The van der Waals surface area contributed by atoms with E-state index in [0.717, 1.165) is 0 Å². The van der Waals surface area contributed by atoms with Crippen molar-refractivity contribution >= 4 is 17.7 Å². The van der Waals surface area contributed by atoms with Crippen LogP contribution >= 0.6 is 0 Å². The molecule has 0 radical (unpaired) electrons. The van der Waals surface area contributed by atoms with E-state index in [2.05, 4.69) is 10.3 Å². The smallest absolute Gasteiger partial charge is 0.330 e. The van der Waals surface area contributed by atoms with Gasteiger partial charge in [-0.25, -0.2) is 4.79 Å². The summed E-state index contributed by atoms with van der Waals surface area (Å²) < 4.78 is 0. The maximum Gasteiger partial charge on any atom is 0.330 e. The Labute approximate surface area is 155 Å². The number of ketones is 1. The first-order valence-electron chi connectivity index (χ1n) is 8.56. The standard InChI is InChI=1S/C20H20N2O5/c1-20(2)9-14-12(15(23)10-20)8-13(17(24)21-14)18(25)22-16(19(26)27)11-6-4-3-5-7-11/h3-8,16H,9-10H2,1-2H3,(H,21,24)(H,22,25)(H,26,27)/t16-/m0/s1. The summed E-state index contributed by atoms with van der Waals surface area (Å²) in [5.41, 5.74) is 0.0169. The van der Waals surface area contributed by atoms with Crippen molar-refractivity contribution in [3.63, 3.8) is 0 Å². The fraction of sp³-hybridized carbons (Fsp3) is 0.300. The van der Waals surface area contributed by atoms with Gasteiger partial charge in [-0.1, -0.05) is 44.2 Å². The van der Waals surface area contributed by atoms with Crippen LogP contribution < -0.4 is 10.9 Å². The van der Waals surface area contributed by atoms with Gasteiger partial charge in [0.2, 0.25) is 0 Å². The molecule has 1 atom stereocenters. The summed E-state index contributed by atoms with van der Waals surface area (Å²) in [5.74, 6) is -2.24. The van der Waals surface area contributed by atoms with E-state index < -0.39 is 23.5 Å². The summed E-state index contributed by atoms with van der Waals surface area (Å²) >= 11 is 0. The first-order chi connectivity index (χ1) is 12.7. The summed E-state index contributed by atoms with van der Waals surface area (Å²) in [6, 6.07) is 8.15. The lowest BCUT2D eigenvalue weighted by molar-refractivity contribution is -0.139. The van der Waals surface area contributed by atoms with Crippen molar-refractivity contribution in [3.8, 4) is 0 Å². The molecule has 27 heavy (non-hydrogen) atoms. The minimum atomic E-state index is -1.30. The van der Waals surface area contributed by atoms with Crippen molar-refractivity contribution in [2.45, 2.75) is 32.7 Å². The van der Waals surface area contributed by atoms with Crippen molar-refractivity contribution in [2.24, 2.45) is 5.41 Å². The van der Waals surface area contributed by atoms with Gasteiger partial charge in [0.15, 0.2) is 11.8 Å². The molecule has 0 bridgehead atoms. The van der Waals surface area contributed by atoms with E-state index in [-0.39, 0.29) is 16.8 Å². The lowest BCUT2D eigenvalue weighted by Crippen LogP contribution is -2.38. The molecule has 1 aromatic carbocycles. The molecule has 7 heteroatoms. The molecular formula is C20H20N2O5. The summed E-state index contributed by atoms with van der Waals surface area (Å²) in [4.78, 5) is 51.5. The van der Waals surface area contributed by atoms with E-state index in [1.54, 1.807) is 30.3 Å². The number of benzene rings is 1. The van der Waals surface area contributed by atoms with Crippen LogP contribution in [0.2, 0.25) is 0 Å². The molecule has 1 aliphatic rings. The van der Waals surface area contributed by atoms with Gasteiger partial charge in [-0.2, -0.15) is 0 Å². The minimum absolute atomic E-state index is 0.149. The Kier molecular flexibility index (Phi) is 4.70. The van der Waals surface area contributed by atoms with Gasteiger partial charge in [0.25, 0.3) is 11.5 Å². The molecule has 0 spiro atoms. The van der Waals surface area contributed by atoms with E-state index in [9.17, 15) is 24.3 Å². The zero-order chi connectivity index (χ0) is 19.8. The van der Waals surface area contributed by atoms with Gasteiger partial charge in [-0.05, 0) is 23.5 Å². The Balaban J connectivity index is 1.94. The number of nitrogens with one attached hydrogen (secondary N) is 2. The quantitative estimate of drug-likeness (QED) is 0.764. The molecule has 2 aromatic rings. The number of carboxylic acids is 1. The van der Waals surface area contributed by atoms with Gasteiger partial charge < -0.3 is 15.4 Å². The molecule has 0 aliphatic heterocycles. The number of carboxylic acid groups (broad SMARTS) is 1. The molecule has 1 amide bonds. The van der Waals surface area contributed by atoms with Crippen LogP contribution in [0.3, 0.4) is 0 Å². The average Bonchev–Trinajstić information content (AvgIpc) is 2.58. The molecule has 140 valence electrons.